The van der Waals surface area contributed by atoms with Crippen LogP contribution in [0.2, 0.25) is 0 Å². The summed E-state index contributed by atoms with van der Waals surface area (Å²) in [6, 6.07) is 10.3. The Balaban J connectivity index is 1.54. The van der Waals surface area contributed by atoms with Crippen molar-refractivity contribution in [2.45, 2.75) is 6.10 Å². The summed E-state index contributed by atoms with van der Waals surface area (Å²) in [5.41, 5.74) is 0. The Bertz CT molecular complexity index is 256. The van der Waals surface area contributed by atoms with Crippen molar-refractivity contribution < 1.29 is 14.2 Å². The highest BCUT2D eigenvalue weighted by Gasteiger charge is 2.21. The van der Waals surface area contributed by atoms with E-state index in [0.29, 0.717) is 25.9 Å². The molecule has 1 aromatic rings. The molecule has 1 heterocycles. The summed E-state index contributed by atoms with van der Waals surface area (Å²) in [7, 11) is 0. The molecule has 2 rings (SSSR count). The summed E-state index contributed by atoms with van der Waals surface area (Å²) in [4.78, 5) is 0. The monoisotopic (exact) mass is 193 g/mol. The zero-order valence-corrected chi connectivity index (χ0v) is 7.94. The third kappa shape index (κ3) is 3.36. The van der Waals surface area contributed by atoms with Crippen LogP contribution < -0.4 is 4.74 Å². The van der Waals surface area contributed by atoms with Crippen molar-refractivity contribution in [1.29, 1.82) is 0 Å². The van der Waals surface area contributed by atoms with E-state index >= 15 is 0 Å². The van der Waals surface area contributed by atoms with Gasteiger partial charge in [-0.25, -0.2) is 0 Å². The first-order chi connectivity index (χ1) is 6.95. The smallest absolute Gasteiger partial charge is 0.119 e. The van der Waals surface area contributed by atoms with Crippen LogP contribution in [0.1, 0.15) is 0 Å². The van der Waals surface area contributed by atoms with E-state index in [4.69, 9.17) is 14.2 Å². The van der Waals surface area contributed by atoms with Crippen LogP contribution in [0.15, 0.2) is 24.3 Å². The summed E-state index contributed by atoms with van der Waals surface area (Å²) >= 11 is 0. The lowest BCUT2D eigenvalue weighted by Crippen LogP contribution is -2.09. The van der Waals surface area contributed by atoms with Gasteiger partial charge in [0.1, 0.15) is 18.5 Å². The van der Waals surface area contributed by atoms with Crippen LogP contribution in [0.5, 0.6) is 5.75 Å². The maximum absolute atomic E-state index is 5.42. The number of benzene rings is 1. The van der Waals surface area contributed by atoms with Gasteiger partial charge in [0.2, 0.25) is 0 Å². The highest BCUT2D eigenvalue weighted by Crippen LogP contribution is 2.09. The molecule has 1 aliphatic rings. The van der Waals surface area contributed by atoms with Crippen molar-refractivity contribution >= 4 is 0 Å². The second kappa shape index (κ2) is 4.98. The third-order valence-corrected chi connectivity index (χ3v) is 1.89. The first-order valence-corrected chi connectivity index (χ1v) is 4.73. The lowest BCUT2D eigenvalue weighted by Gasteiger charge is -2.05. The van der Waals surface area contributed by atoms with Gasteiger partial charge < -0.3 is 14.2 Å². The minimum absolute atomic E-state index is 0.335. The summed E-state index contributed by atoms with van der Waals surface area (Å²) in [6.07, 6.45) is 0.335. The Kier molecular flexibility index (Phi) is 3.38. The second-order valence-electron chi connectivity index (χ2n) is 3.11. The highest BCUT2D eigenvalue weighted by molar-refractivity contribution is 5.20. The highest BCUT2D eigenvalue weighted by atomic mass is 16.6. The van der Waals surface area contributed by atoms with Crippen LogP contribution in [-0.4, -0.2) is 32.5 Å². The Morgan fingerprint density at radius 3 is 2.86 bits per heavy atom. The fourth-order valence-corrected chi connectivity index (χ4v) is 1.07. The van der Waals surface area contributed by atoms with Gasteiger partial charge in [0, 0.05) is 0 Å². The molecule has 14 heavy (non-hydrogen) atoms. The molecule has 0 N–H and O–H groups in total. The molecule has 75 valence electrons. The van der Waals surface area contributed by atoms with Crippen molar-refractivity contribution in [3.63, 3.8) is 0 Å². The van der Waals surface area contributed by atoms with Crippen LogP contribution in [0, 0.1) is 6.07 Å². The molecule has 1 saturated heterocycles. The van der Waals surface area contributed by atoms with Gasteiger partial charge in [-0.2, -0.15) is 0 Å². The van der Waals surface area contributed by atoms with E-state index in [1.807, 2.05) is 24.3 Å². The van der Waals surface area contributed by atoms with E-state index in [1.54, 1.807) is 0 Å². The normalized spacial score (nSPS) is 19.3. The van der Waals surface area contributed by atoms with Gasteiger partial charge in [0.25, 0.3) is 0 Å². The molecule has 1 aromatic carbocycles. The van der Waals surface area contributed by atoms with E-state index in [2.05, 4.69) is 6.07 Å². The molecular formula is C11H13O3. The first kappa shape index (κ1) is 9.49. The fraction of sp³-hybridized carbons (Fsp3) is 0.455. The lowest BCUT2D eigenvalue weighted by molar-refractivity contribution is 0.0878. The van der Waals surface area contributed by atoms with Gasteiger partial charge >= 0.3 is 0 Å². The predicted molar refractivity (Wildman–Crippen MR) is 51.3 cm³/mol. The Morgan fingerprint density at radius 2 is 2.14 bits per heavy atom. The van der Waals surface area contributed by atoms with Crippen molar-refractivity contribution in [2.75, 3.05) is 26.4 Å². The van der Waals surface area contributed by atoms with Gasteiger partial charge in [-0.3, -0.25) is 0 Å². The van der Waals surface area contributed by atoms with Crippen molar-refractivity contribution in [3.8, 4) is 5.75 Å². The zero-order chi connectivity index (χ0) is 9.64. The van der Waals surface area contributed by atoms with E-state index in [1.165, 1.54) is 0 Å². The van der Waals surface area contributed by atoms with Gasteiger partial charge in [-0.15, -0.1) is 0 Å². The first-order valence-electron chi connectivity index (χ1n) is 4.73. The van der Waals surface area contributed by atoms with E-state index in [-0.39, 0.29) is 0 Å². The standard InChI is InChI=1S/C11H13O3/c1-2-4-10(5-3-1)13-7-6-12-8-11-9-14-11/h2-5,11H,6-9H2. The summed E-state index contributed by atoms with van der Waals surface area (Å²) in [5.74, 6) is 0.857. The van der Waals surface area contributed by atoms with E-state index in [0.717, 1.165) is 12.4 Å². The van der Waals surface area contributed by atoms with Gasteiger partial charge in [0.15, 0.2) is 0 Å². The molecule has 0 bridgehead atoms. The van der Waals surface area contributed by atoms with Gasteiger partial charge in [-0.05, 0) is 18.2 Å². The average molecular weight is 193 g/mol. The minimum atomic E-state index is 0.335. The minimum Gasteiger partial charge on any atom is -0.491 e. The topological polar surface area (TPSA) is 31.0 Å². The Hall–Kier alpha value is -1.06. The molecule has 0 aromatic heterocycles. The summed E-state index contributed by atoms with van der Waals surface area (Å²) < 4.78 is 15.7. The number of ether oxygens (including phenoxy) is 3. The van der Waals surface area contributed by atoms with Crippen molar-refractivity contribution in [1.82, 2.24) is 0 Å². The molecule has 1 unspecified atom stereocenters. The molecule has 1 atom stereocenters. The summed E-state index contributed by atoms with van der Waals surface area (Å²) in [5, 5.41) is 0. The van der Waals surface area contributed by atoms with E-state index < -0.39 is 0 Å². The number of epoxide rings is 1. The molecule has 1 aliphatic heterocycles. The fourth-order valence-electron chi connectivity index (χ4n) is 1.07. The molecule has 0 spiro atoms. The predicted octanol–water partition coefficient (Wildman–Crippen LogP) is 1.28. The molecule has 3 heteroatoms. The largest absolute Gasteiger partial charge is 0.491 e. The van der Waals surface area contributed by atoms with Gasteiger partial charge in [-0.1, -0.05) is 12.1 Å². The number of rotatable bonds is 6. The van der Waals surface area contributed by atoms with Crippen LogP contribution in [0.25, 0.3) is 0 Å². The Morgan fingerprint density at radius 1 is 1.36 bits per heavy atom. The lowest BCUT2D eigenvalue weighted by atomic mass is 10.3. The number of hydrogen-bond donors (Lipinski definition) is 0. The molecule has 3 nitrogen and oxygen atoms in total. The molecule has 0 amide bonds. The third-order valence-electron chi connectivity index (χ3n) is 1.89. The van der Waals surface area contributed by atoms with Crippen LogP contribution in [0.3, 0.4) is 0 Å². The maximum atomic E-state index is 5.42. The Labute approximate surface area is 83.6 Å². The van der Waals surface area contributed by atoms with E-state index in [9.17, 15) is 0 Å². The van der Waals surface area contributed by atoms with Crippen molar-refractivity contribution in [2.24, 2.45) is 0 Å². The molecular weight excluding hydrogens is 180 g/mol. The van der Waals surface area contributed by atoms with Crippen molar-refractivity contribution in [3.05, 3.63) is 30.3 Å². The van der Waals surface area contributed by atoms with Crippen LogP contribution in [-0.2, 0) is 9.47 Å². The molecule has 0 aliphatic carbocycles. The molecule has 1 fully saturated rings. The maximum Gasteiger partial charge on any atom is 0.119 e. The zero-order valence-electron chi connectivity index (χ0n) is 7.94. The van der Waals surface area contributed by atoms with Gasteiger partial charge in [0.05, 0.1) is 19.8 Å². The molecule has 1 radical (unpaired) electrons. The quantitative estimate of drug-likeness (QED) is 0.503. The van der Waals surface area contributed by atoms with Crippen LogP contribution >= 0.6 is 0 Å². The SMILES string of the molecule is [c]1ccc(OCCOCC2CO2)cc1. The average Bonchev–Trinajstić information content (AvgIpc) is 3.03. The summed E-state index contributed by atoms with van der Waals surface area (Å²) in [6.45, 7) is 2.72. The second-order valence-corrected chi connectivity index (χ2v) is 3.11. The molecule has 0 saturated carbocycles. The number of hydrogen-bond acceptors (Lipinski definition) is 3. The van der Waals surface area contributed by atoms with Crippen LogP contribution in [0.4, 0.5) is 0 Å².